The molecule has 1 amide bonds. The maximum Gasteiger partial charge on any atom is 0.254 e. The van der Waals surface area contributed by atoms with Gasteiger partial charge in [0.15, 0.2) is 0 Å². The molecule has 25 heavy (non-hydrogen) atoms. The Morgan fingerprint density at radius 1 is 1.36 bits per heavy atom. The van der Waals surface area contributed by atoms with E-state index in [-0.39, 0.29) is 11.6 Å². The van der Waals surface area contributed by atoms with Crippen LogP contribution in [0, 0.1) is 6.92 Å². The lowest BCUT2D eigenvalue weighted by atomic mass is 10.2. The molecule has 1 aromatic heterocycles. The number of hydrogen-bond donors (Lipinski definition) is 4. The van der Waals surface area contributed by atoms with Crippen molar-refractivity contribution in [2.45, 2.75) is 19.9 Å². The lowest BCUT2D eigenvalue weighted by Crippen LogP contribution is -2.34. The molecule has 0 unspecified atom stereocenters. The number of hydrogen-bond acceptors (Lipinski definition) is 7. The molecule has 0 saturated carbocycles. The van der Waals surface area contributed by atoms with Crippen LogP contribution in [-0.4, -0.2) is 41.7 Å². The summed E-state index contributed by atoms with van der Waals surface area (Å²) in [5.74, 6) is 0.0985. The van der Waals surface area contributed by atoms with Crippen LogP contribution in [0.15, 0.2) is 30.5 Å². The molecule has 6 N–H and O–H groups in total. The summed E-state index contributed by atoms with van der Waals surface area (Å²) in [6.45, 7) is 5.37. The summed E-state index contributed by atoms with van der Waals surface area (Å²) >= 11 is 0. The number of nitrogens with two attached hydrogens (primary N) is 2. The maximum atomic E-state index is 11.6. The number of benzene rings is 1. The smallest absolute Gasteiger partial charge is 0.254 e. The molecule has 134 valence electrons. The van der Waals surface area contributed by atoms with Crippen LogP contribution >= 0.6 is 0 Å². The molecule has 0 spiro atoms. The summed E-state index contributed by atoms with van der Waals surface area (Å²) in [5, 5.41) is 6.18. The van der Waals surface area contributed by atoms with Crippen LogP contribution in [-0.2, 0) is 4.74 Å². The van der Waals surface area contributed by atoms with Crippen LogP contribution in [0.25, 0.3) is 0 Å². The normalized spacial score (nSPS) is 11.8. The second kappa shape index (κ2) is 8.95. The predicted molar refractivity (Wildman–Crippen MR) is 98.0 cm³/mol. The monoisotopic (exact) mass is 344 g/mol. The van der Waals surface area contributed by atoms with Crippen LogP contribution in [0.3, 0.4) is 0 Å². The number of carbonyl (C=O) groups is 1. The van der Waals surface area contributed by atoms with E-state index in [1.807, 2.05) is 38.1 Å². The van der Waals surface area contributed by atoms with Crippen molar-refractivity contribution in [1.29, 1.82) is 0 Å². The topological polar surface area (TPSA) is 128 Å². The molecule has 0 aliphatic carbocycles. The van der Waals surface area contributed by atoms with Crippen molar-refractivity contribution in [2.75, 3.05) is 30.4 Å². The van der Waals surface area contributed by atoms with Crippen molar-refractivity contribution in [3.05, 3.63) is 41.6 Å². The molecule has 0 saturated heterocycles. The molecule has 1 heterocycles. The zero-order chi connectivity index (χ0) is 18.2. The molecule has 0 aliphatic heterocycles. The number of nitrogens with one attached hydrogen (secondary N) is 2. The third-order valence-electron chi connectivity index (χ3n) is 3.51. The van der Waals surface area contributed by atoms with E-state index in [9.17, 15) is 4.79 Å². The molecular formula is C17H24N6O2. The zero-order valence-corrected chi connectivity index (χ0v) is 14.5. The number of anilines is 3. The van der Waals surface area contributed by atoms with Crippen molar-refractivity contribution in [2.24, 2.45) is 11.5 Å². The SMILES string of the molecule is CCOC[C@@H](N)CNc1ncc(C(N)=O)c(Nc2ccccc2C)n1. The molecular weight excluding hydrogens is 320 g/mol. The second-order valence-electron chi connectivity index (χ2n) is 5.56. The van der Waals surface area contributed by atoms with Gasteiger partial charge in [-0.15, -0.1) is 0 Å². The summed E-state index contributed by atoms with van der Waals surface area (Å²) in [4.78, 5) is 20.1. The van der Waals surface area contributed by atoms with Crippen LogP contribution in [0.1, 0.15) is 22.8 Å². The minimum Gasteiger partial charge on any atom is -0.380 e. The highest BCUT2D eigenvalue weighted by Gasteiger charge is 2.13. The fraction of sp³-hybridized carbons (Fsp3) is 0.353. The molecule has 0 radical (unpaired) electrons. The molecule has 0 bridgehead atoms. The number of ether oxygens (including phenoxy) is 1. The quantitative estimate of drug-likeness (QED) is 0.541. The summed E-state index contributed by atoms with van der Waals surface area (Å²) < 4.78 is 5.27. The van der Waals surface area contributed by atoms with Gasteiger partial charge in [0.05, 0.1) is 6.61 Å². The van der Waals surface area contributed by atoms with Gasteiger partial charge in [-0.25, -0.2) is 4.98 Å². The Bertz CT molecular complexity index is 722. The Kier molecular flexibility index (Phi) is 6.67. The highest BCUT2D eigenvalue weighted by Crippen LogP contribution is 2.22. The van der Waals surface area contributed by atoms with Crippen LogP contribution in [0.5, 0.6) is 0 Å². The van der Waals surface area contributed by atoms with Gasteiger partial charge >= 0.3 is 0 Å². The van der Waals surface area contributed by atoms with Gasteiger partial charge < -0.3 is 26.8 Å². The zero-order valence-electron chi connectivity index (χ0n) is 14.5. The second-order valence-corrected chi connectivity index (χ2v) is 5.56. The summed E-state index contributed by atoms with van der Waals surface area (Å²) in [6.07, 6.45) is 1.40. The number of aromatic nitrogens is 2. The van der Waals surface area contributed by atoms with E-state index in [1.165, 1.54) is 6.20 Å². The van der Waals surface area contributed by atoms with Crippen LogP contribution in [0.2, 0.25) is 0 Å². The average molecular weight is 344 g/mol. The van der Waals surface area contributed by atoms with E-state index >= 15 is 0 Å². The molecule has 0 fully saturated rings. The molecule has 8 nitrogen and oxygen atoms in total. The fourth-order valence-electron chi connectivity index (χ4n) is 2.13. The Morgan fingerprint density at radius 2 is 2.12 bits per heavy atom. The van der Waals surface area contributed by atoms with Gasteiger partial charge in [0.25, 0.3) is 5.91 Å². The van der Waals surface area contributed by atoms with Crippen molar-refractivity contribution in [3.63, 3.8) is 0 Å². The number of carbonyl (C=O) groups excluding carboxylic acids is 1. The summed E-state index contributed by atoms with van der Waals surface area (Å²) in [7, 11) is 0. The number of primary amides is 1. The first-order valence-electron chi connectivity index (χ1n) is 8.08. The molecule has 8 heteroatoms. The Labute approximate surface area is 147 Å². The van der Waals surface area contributed by atoms with E-state index < -0.39 is 5.91 Å². The molecule has 1 aromatic carbocycles. The van der Waals surface area contributed by atoms with Gasteiger partial charge in [0.2, 0.25) is 5.95 Å². The first-order chi connectivity index (χ1) is 12.0. The van der Waals surface area contributed by atoms with Gasteiger partial charge in [0.1, 0.15) is 11.4 Å². The number of amides is 1. The summed E-state index contributed by atoms with van der Waals surface area (Å²) in [6, 6.07) is 7.49. The van der Waals surface area contributed by atoms with E-state index in [2.05, 4.69) is 20.6 Å². The van der Waals surface area contributed by atoms with E-state index in [0.29, 0.717) is 31.5 Å². The molecule has 0 aliphatic rings. The minimum atomic E-state index is -0.601. The van der Waals surface area contributed by atoms with Crippen molar-refractivity contribution in [1.82, 2.24) is 9.97 Å². The van der Waals surface area contributed by atoms with E-state index in [4.69, 9.17) is 16.2 Å². The highest BCUT2D eigenvalue weighted by molar-refractivity contribution is 5.98. The first kappa shape index (κ1) is 18.6. The Balaban J connectivity index is 2.16. The first-order valence-corrected chi connectivity index (χ1v) is 8.08. The van der Waals surface area contributed by atoms with Gasteiger partial charge in [-0.2, -0.15) is 4.98 Å². The highest BCUT2D eigenvalue weighted by atomic mass is 16.5. The van der Waals surface area contributed by atoms with Gasteiger partial charge in [-0.1, -0.05) is 18.2 Å². The third-order valence-corrected chi connectivity index (χ3v) is 3.51. The van der Waals surface area contributed by atoms with Crippen molar-refractivity contribution in [3.8, 4) is 0 Å². The lowest BCUT2D eigenvalue weighted by Gasteiger charge is -2.15. The summed E-state index contributed by atoms with van der Waals surface area (Å²) in [5.41, 5.74) is 13.4. The number of nitrogens with zero attached hydrogens (tertiary/aromatic N) is 2. The number of rotatable bonds is 9. The van der Waals surface area contributed by atoms with Gasteiger partial charge in [-0.05, 0) is 25.5 Å². The Morgan fingerprint density at radius 3 is 2.80 bits per heavy atom. The standard InChI is InChI=1S/C17H24N6O2/c1-3-25-10-12(18)8-20-17-21-9-13(15(19)24)16(23-17)22-14-7-5-4-6-11(14)2/h4-7,9,12H,3,8,10,18H2,1-2H3,(H2,19,24)(H2,20,21,22,23)/t12-/m0/s1. The van der Waals surface area contributed by atoms with Crippen LogP contribution < -0.4 is 22.1 Å². The largest absolute Gasteiger partial charge is 0.380 e. The van der Waals surface area contributed by atoms with Gasteiger partial charge in [-0.3, -0.25) is 4.79 Å². The predicted octanol–water partition coefficient (Wildman–Crippen LogP) is 1.40. The number of aryl methyl sites for hydroxylation is 1. The third kappa shape index (κ3) is 5.40. The minimum absolute atomic E-state index is 0.188. The average Bonchev–Trinajstić information content (AvgIpc) is 2.60. The fourth-order valence-corrected chi connectivity index (χ4v) is 2.13. The van der Waals surface area contributed by atoms with E-state index in [1.54, 1.807) is 0 Å². The van der Waals surface area contributed by atoms with Gasteiger partial charge in [0, 0.05) is 31.1 Å². The lowest BCUT2D eigenvalue weighted by molar-refractivity contribution is 0.100. The number of para-hydroxylation sites is 1. The molecule has 2 aromatic rings. The van der Waals surface area contributed by atoms with Crippen molar-refractivity contribution >= 4 is 23.4 Å². The molecule has 1 atom stereocenters. The maximum absolute atomic E-state index is 11.6. The Hall–Kier alpha value is -2.71. The van der Waals surface area contributed by atoms with Crippen LogP contribution in [0.4, 0.5) is 17.5 Å². The van der Waals surface area contributed by atoms with Crippen molar-refractivity contribution < 1.29 is 9.53 Å². The molecule has 2 rings (SSSR count). The van der Waals surface area contributed by atoms with E-state index in [0.717, 1.165) is 11.3 Å².